The zero-order valence-corrected chi connectivity index (χ0v) is 13.0. The Morgan fingerprint density at radius 3 is 2.43 bits per heavy atom. The average molecular weight is 318 g/mol. The molecule has 0 radical (unpaired) electrons. The lowest BCUT2D eigenvalue weighted by molar-refractivity contribution is -0.111. The molecule has 3 rings (SSSR count). The summed E-state index contributed by atoms with van der Waals surface area (Å²) in [5.41, 5.74) is -1.21. The Labute approximate surface area is 132 Å². The van der Waals surface area contributed by atoms with E-state index in [0.717, 1.165) is 0 Å². The molecule has 6 nitrogen and oxygen atoms in total. The largest absolute Gasteiger partial charge is 0.506 e. The van der Waals surface area contributed by atoms with Crippen molar-refractivity contribution in [2.24, 2.45) is 0 Å². The Kier molecular flexibility index (Phi) is 3.46. The van der Waals surface area contributed by atoms with Crippen LogP contribution in [0.2, 0.25) is 0 Å². The van der Waals surface area contributed by atoms with Gasteiger partial charge in [-0.1, -0.05) is 24.3 Å². The minimum atomic E-state index is -1.39. The third kappa shape index (κ3) is 2.14. The van der Waals surface area contributed by atoms with Gasteiger partial charge in [-0.25, -0.2) is 4.79 Å². The third-order valence-corrected chi connectivity index (χ3v) is 4.24. The topological polar surface area (TPSA) is 96.2 Å². The molecule has 1 aliphatic rings. The molecule has 0 fully saturated rings. The highest BCUT2D eigenvalue weighted by molar-refractivity contribution is 6.06. The minimum absolute atomic E-state index is 0.0416. The van der Waals surface area contributed by atoms with Crippen molar-refractivity contribution in [3.05, 3.63) is 35.4 Å². The van der Waals surface area contributed by atoms with Crippen LogP contribution in [-0.2, 0) is 4.74 Å². The molecule has 2 aromatic carbocycles. The standard InChI is InChI=1S/C17H18O6/c1-17(2)15(20)13(19)10-11(16(21)22-3)12(18)8-6-4-5-7-9(8)14(10)23-17/h4-7,13,15,18-20H,1-3H3/t13-,15+/m1/s1. The molecule has 0 aromatic heterocycles. The van der Waals surface area contributed by atoms with E-state index in [1.807, 2.05) is 0 Å². The van der Waals surface area contributed by atoms with Gasteiger partial charge in [0.05, 0.1) is 7.11 Å². The second-order valence-electron chi connectivity index (χ2n) is 6.10. The van der Waals surface area contributed by atoms with Crippen molar-refractivity contribution in [1.82, 2.24) is 0 Å². The maximum Gasteiger partial charge on any atom is 0.342 e. The number of aliphatic hydroxyl groups is 2. The number of benzene rings is 2. The fourth-order valence-electron chi connectivity index (χ4n) is 2.97. The first-order valence-corrected chi connectivity index (χ1v) is 7.20. The molecule has 3 N–H and O–H groups in total. The first kappa shape index (κ1) is 15.6. The summed E-state index contributed by atoms with van der Waals surface area (Å²) in [6.45, 7) is 3.28. The fraction of sp³-hybridized carbons (Fsp3) is 0.353. The van der Waals surface area contributed by atoms with E-state index >= 15 is 0 Å². The minimum Gasteiger partial charge on any atom is -0.506 e. The first-order valence-electron chi connectivity index (χ1n) is 7.20. The van der Waals surface area contributed by atoms with E-state index in [-0.39, 0.29) is 22.6 Å². The summed E-state index contributed by atoms with van der Waals surface area (Å²) in [5.74, 6) is -0.846. The van der Waals surface area contributed by atoms with Crippen molar-refractivity contribution in [3.8, 4) is 11.5 Å². The number of carbonyl (C=O) groups is 1. The van der Waals surface area contributed by atoms with Gasteiger partial charge in [0.2, 0.25) is 0 Å². The number of phenols is 1. The van der Waals surface area contributed by atoms with E-state index in [0.29, 0.717) is 10.8 Å². The smallest absolute Gasteiger partial charge is 0.342 e. The molecule has 6 heteroatoms. The Morgan fingerprint density at radius 1 is 1.22 bits per heavy atom. The Bertz CT molecular complexity index is 795. The molecule has 0 unspecified atom stereocenters. The molecule has 0 saturated carbocycles. The van der Waals surface area contributed by atoms with Crippen LogP contribution in [0, 0.1) is 0 Å². The maximum atomic E-state index is 12.1. The molecular weight excluding hydrogens is 300 g/mol. The average Bonchev–Trinajstić information content (AvgIpc) is 2.53. The predicted molar refractivity (Wildman–Crippen MR) is 82.6 cm³/mol. The lowest BCUT2D eigenvalue weighted by atomic mass is 9.84. The predicted octanol–water partition coefficient (Wildman–Crippen LogP) is 1.90. The molecule has 122 valence electrons. The van der Waals surface area contributed by atoms with Crippen LogP contribution >= 0.6 is 0 Å². The van der Waals surface area contributed by atoms with Crippen molar-refractivity contribution < 1.29 is 29.6 Å². The molecule has 1 aliphatic heterocycles. The zero-order chi connectivity index (χ0) is 16.9. The molecule has 2 aromatic rings. The maximum absolute atomic E-state index is 12.1. The van der Waals surface area contributed by atoms with E-state index in [2.05, 4.69) is 0 Å². The second-order valence-corrected chi connectivity index (χ2v) is 6.10. The molecule has 0 aliphatic carbocycles. The third-order valence-electron chi connectivity index (χ3n) is 4.24. The molecular formula is C17H18O6. The van der Waals surface area contributed by atoms with E-state index in [4.69, 9.17) is 9.47 Å². The summed E-state index contributed by atoms with van der Waals surface area (Å²) in [6, 6.07) is 6.84. The van der Waals surface area contributed by atoms with Gasteiger partial charge in [-0.2, -0.15) is 0 Å². The quantitative estimate of drug-likeness (QED) is 0.695. The number of hydrogen-bond acceptors (Lipinski definition) is 6. The summed E-state index contributed by atoms with van der Waals surface area (Å²) < 4.78 is 10.6. The van der Waals surface area contributed by atoms with Crippen LogP contribution in [0.15, 0.2) is 24.3 Å². The number of ether oxygens (including phenoxy) is 2. The van der Waals surface area contributed by atoms with Gasteiger partial charge in [-0.05, 0) is 13.8 Å². The van der Waals surface area contributed by atoms with Gasteiger partial charge < -0.3 is 24.8 Å². The Hall–Kier alpha value is -2.31. The highest BCUT2D eigenvalue weighted by Gasteiger charge is 2.46. The number of phenolic OH excluding ortho intramolecular Hbond substituents is 1. The van der Waals surface area contributed by atoms with Gasteiger partial charge in [0, 0.05) is 16.3 Å². The van der Waals surface area contributed by atoms with E-state index in [1.165, 1.54) is 7.11 Å². The number of esters is 1. The molecule has 0 amide bonds. The summed E-state index contributed by atoms with van der Waals surface area (Å²) in [4.78, 5) is 12.1. The summed E-state index contributed by atoms with van der Waals surface area (Å²) in [7, 11) is 1.18. The fourth-order valence-corrected chi connectivity index (χ4v) is 2.97. The van der Waals surface area contributed by atoms with Gasteiger partial charge >= 0.3 is 5.97 Å². The molecule has 2 atom stereocenters. The number of aromatic hydroxyl groups is 1. The van der Waals surface area contributed by atoms with Crippen molar-refractivity contribution in [2.75, 3.05) is 7.11 Å². The summed E-state index contributed by atoms with van der Waals surface area (Å²) in [5, 5.41) is 32.3. The van der Waals surface area contributed by atoms with Crippen LogP contribution in [0.3, 0.4) is 0 Å². The molecule has 1 heterocycles. The molecule has 23 heavy (non-hydrogen) atoms. The monoisotopic (exact) mass is 318 g/mol. The van der Waals surface area contributed by atoms with Crippen molar-refractivity contribution >= 4 is 16.7 Å². The second kappa shape index (κ2) is 5.11. The van der Waals surface area contributed by atoms with Crippen molar-refractivity contribution in [1.29, 1.82) is 0 Å². The first-order chi connectivity index (χ1) is 10.8. The summed E-state index contributed by atoms with van der Waals surface area (Å²) >= 11 is 0. The van der Waals surface area contributed by atoms with Crippen molar-refractivity contribution in [2.45, 2.75) is 31.7 Å². The van der Waals surface area contributed by atoms with Gasteiger partial charge in [0.25, 0.3) is 0 Å². The van der Waals surface area contributed by atoms with Crippen LogP contribution in [0.4, 0.5) is 0 Å². The lowest BCUT2D eigenvalue weighted by Gasteiger charge is -2.41. The van der Waals surface area contributed by atoms with E-state index in [1.54, 1.807) is 38.1 Å². The van der Waals surface area contributed by atoms with Gasteiger partial charge in [0.1, 0.15) is 34.9 Å². The highest BCUT2D eigenvalue weighted by Crippen LogP contribution is 2.49. The number of aliphatic hydroxyl groups excluding tert-OH is 2. The summed E-state index contributed by atoms with van der Waals surface area (Å²) in [6.07, 6.45) is -2.66. The normalized spacial score (nSPS) is 22.3. The number of methoxy groups -OCH3 is 1. The number of hydrogen-bond donors (Lipinski definition) is 3. The molecule has 0 spiro atoms. The number of carbonyl (C=O) groups excluding carboxylic acids is 1. The van der Waals surface area contributed by atoms with E-state index in [9.17, 15) is 20.1 Å². The highest BCUT2D eigenvalue weighted by atomic mass is 16.5. The van der Waals surface area contributed by atoms with Crippen LogP contribution < -0.4 is 4.74 Å². The van der Waals surface area contributed by atoms with Gasteiger partial charge in [-0.15, -0.1) is 0 Å². The molecule has 0 saturated heterocycles. The lowest BCUT2D eigenvalue weighted by Crippen LogP contribution is -2.49. The zero-order valence-electron chi connectivity index (χ0n) is 13.0. The number of fused-ring (bicyclic) bond motifs is 3. The van der Waals surface area contributed by atoms with E-state index < -0.39 is 23.8 Å². The van der Waals surface area contributed by atoms with Gasteiger partial charge in [-0.3, -0.25) is 0 Å². The Morgan fingerprint density at radius 2 is 1.83 bits per heavy atom. The van der Waals surface area contributed by atoms with Gasteiger partial charge in [0.15, 0.2) is 0 Å². The molecule has 0 bridgehead atoms. The van der Waals surface area contributed by atoms with Crippen molar-refractivity contribution in [3.63, 3.8) is 0 Å². The SMILES string of the molecule is COC(=O)c1c2c(c3ccccc3c1O)OC(C)(C)[C@@H](O)[C@@H]2O. The van der Waals surface area contributed by atoms with Crippen LogP contribution in [0.5, 0.6) is 11.5 Å². The number of rotatable bonds is 1. The van der Waals surface area contributed by atoms with Crippen LogP contribution in [0.1, 0.15) is 35.9 Å². The van der Waals surface area contributed by atoms with Crippen LogP contribution in [0.25, 0.3) is 10.8 Å². The Balaban J connectivity index is 2.45. The van der Waals surface area contributed by atoms with Crippen LogP contribution in [-0.4, -0.2) is 40.1 Å².